The normalized spacial score (nSPS) is 13.2. The molecular weight excluding hydrogens is 1160 g/mol. The van der Waals surface area contributed by atoms with Crippen LogP contribution in [-0.4, -0.2) is 74.9 Å². The second kappa shape index (κ2) is 73.2. The van der Waals surface area contributed by atoms with Crippen LogP contribution in [0.2, 0.25) is 0 Å². The summed E-state index contributed by atoms with van der Waals surface area (Å²) in [7, 11) is 1.50. The molecule has 0 heterocycles. The van der Waals surface area contributed by atoms with Crippen LogP contribution in [0, 0.1) is 0 Å². The van der Waals surface area contributed by atoms with Crippen LogP contribution in [0.4, 0.5) is 0 Å². The molecule has 542 valence electrons. The fourth-order valence-electron chi connectivity index (χ4n) is 12.3. The molecule has 0 bridgehead atoms. The van der Waals surface area contributed by atoms with Crippen LogP contribution in [-0.2, 0) is 32.7 Å². The lowest BCUT2D eigenvalue weighted by Crippen LogP contribution is -2.37. The fourth-order valence-corrected chi connectivity index (χ4v) is 13.0. The summed E-state index contributed by atoms with van der Waals surface area (Å²) >= 11 is 0. The van der Waals surface area contributed by atoms with Crippen molar-refractivity contribution in [3.63, 3.8) is 0 Å². The van der Waals surface area contributed by atoms with Gasteiger partial charge in [-0.05, 0) is 51.4 Å². The molecule has 2 unspecified atom stereocenters. The number of phosphoric ester groups is 1. The number of carbonyl (C=O) groups excluding carboxylic acids is 2. The Bertz CT molecular complexity index is 1690. The average Bonchev–Trinajstić information content (AvgIpc) is 2.23. The zero-order valence-electron chi connectivity index (χ0n) is 62.1. The van der Waals surface area contributed by atoms with E-state index in [1.807, 2.05) is 21.1 Å². The predicted molar refractivity (Wildman–Crippen MR) is 400 cm³/mol. The number of allylic oxidation sites excluding steroid dienone is 8. The number of rotatable bonds is 76. The number of carbonyl (C=O) groups is 2. The summed E-state index contributed by atoms with van der Waals surface area (Å²) in [5, 5.41) is 0. The molecule has 9 nitrogen and oxygen atoms in total. The van der Waals surface area contributed by atoms with Gasteiger partial charge in [0.15, 0.2) is 6.10 Å². The maximum Gasteiger partial charge on any atom is 0.472 e. The van der Waals surface area contributed by atoms with E-state index in [9.17, 15) is 19.0 Å². The molecule has 0 amide bonds. The van der Waals surface area contributed by atoms with Crippen molar-refractivity contribution in [2.45, 2.75) is 418 Å². The number of esters is 2. The van der Waals surface area contributed by atoms with Crippen molar-refractivity contribution in [3.8, 4) is 0 Å². The summed E-state index contributed by atoms with van der Waals surface area (Å²) in [5.74, 6) is -0.772. The van der Waals surface area contributed by atoms with Gasteiger partial charge in [-0.15, -0.1) is 0 Å². The zero-order valence-corrected chi connectivity index (χ0v) is 63.0. The molecule has 0 aliphatic rings. The van der Waals surface area contributed by atoms with Gasteiger partial charge < -0.3 is 18.9 Å². The van der Waals surface area contributed by atoms with Gasteiger partial charge in [-0.3, -0.25) is 18.6 Å². The topological polar surface area (TPSA) is 108 Å². The smallest absolute Gasteiger partial charge is 0.462 e. The predicted octanol–water partition coefficient (Wildman–Crippen LogP) is 26.7. The average molecular weight is 1320 g/mol. The Kier molecular flexibility index (Phi) is 71.6. The molecule has 0 aliphatic heterocycles. The summed E-state index contributed by atoms with van der Waals surface area (Å²) in [6, 6.07) is 0. The summed E-state index contributed by atoms with van der Waals surface area (Å²) in [6.07, 6.45) is 97.0. The van der Waals surface area contributed by atoms with Gasteiger partial charge in [0.25, 0.3) is 0 Å². The minimum atomic E-state index is -4.39. The van der Waals surface area contributed by atoms with Crippen molar-refractivity contribution in [1.29, 1.82) is 0 Å². The van der Waals surface area contributed by atoms with E-state index in [4.69, 9.17) is 18.5 Å². The maximum atomic E-state index is 12.9. The largest absolute Gasteiger partial charge is 0.472 e. The quantitative estimate of drug-likeness (QED) is 0.0211. The van der Waals surface area contributed by atoms with Crippen LogP contribution in [0.3, 0.4) is 0 Å². The van der Waals surface area contributed by atoms with Gasteiger partial charge in [-0.25, -0.2) is 4.57 Å². The minimum absolute atomic E-state index is 0.0347. The van der Waals surface area contributed by atoms with Crippen molar-refractivity contribution in [3.05, 3.63) is 48.6 Å². The Morgan fingerprint density at radius 1 is 0.348 bits per heavy atom. The van der Waals surface area contributed by atoms with Gasteiger partial charge >= 0.3 is 19.8 Å². The third kappa shape index (κ3) is 77.0. The third-order valence-electron chi connectivity index (χ3n) is 18.4. The Balaban J connectivity index is 3.90. The molecular formula is C82H157NO8P+. The van der Waals surface area contributed by atoms with E-state index in [2.05, 4.69) is 62.5 Å². The first-order chi connectivity index (χ1) is 45.0. The van der Waals surface area contributed by atoms with Crippen LogP contribution in [0.25, 0.3) is 0 Å². The van der Waals surface area contributed by atoms with Crippen molar-refractivity contribution in [2.24, 2.45) is 0 Å². The van der Waals surface area contributed by atoms with Crippen LogP contribution >= 0.6 is 7.82 Å². The molecule has 0 rings (SSSR count). The van der Waals surface area contributed by atoms with Gasteiger partial charge in [0.1, 0.15) is 19.8 Å². The molecule has 0 fully saturated rings. The number of hydrogen-bond donors (Lipinski definition) is 1. The van der Waals surface area contributed by atoms with E-state index in [0.717, 1.165) is 57.8 Å². The van der Waals surface area contributed by atoms with Gasteiger partial charge in [0, 0.05) is 12.8 Å². The van der Waals surface area contributed by atoms with Crippen LogP contribution in [0.15, 0.2) is 48.6 Å². The highest BCUT2D eigenvalue weighted by Crippen LogP contribution is 2.43. The van der Waals surface area contributed by atoms with Crippen LogP contribution in [0.1, 0.15) is 412 Å². The van der Waals surface area contributed by atoms with Crippen molar-refractivity contribution in [1.82, 2.24) is 0 Å². The maximum absolute atomic E-state index is 12.9. The summed E-state index contributed by atoms with van der Waals surface area (Å²) in [5.41, 5.74) is 0. The molecule has 0 aromatic rings. The number of likely N-dealkylation sites (N-methyl/N-ethyl adjacent to an activating group) is 1. The molecule has 0 aromatic carbocycles. The summed E-state index contributed by atoms with van der Waals surface area (Å²) in [4.78, 5) is 36.0. The molecule has 92 heavy (non-hydrogen) atoms. The van der Waals surface area contributed by atoms with Gasteiger partial charge in [0.2, 0.25) is 0 Å². The van der Waals surface area contributed by atoms with Gasteiger partial charge in [-0.1, -0.05) is 396 Å². The zero-order chi connectivity index (χ0) is 66.9. The van der Waals surface area contributed by atoms with E-state index >= 15 is 0 Å². The molecule has 0 radical (unpaired) electrons. The Labute approximate surface area is 573 Å². The van der Waals surface area contributed by atoms with Crippen molar-refractivity contribution >= 4 is 19.8 Å². The monoisotopic (exact) mass is 1320 g/mol. The standard InChI is InChI=1S/C82H156NO8P/c1-6-8-10-12-14-16-18-20-22-24-26-28-30-32-34-36-38-40-41-43-44-46-48-50-52-54-56-58-60-62-64-66-68-70-72-74-81(84)88-78-80(79-90-92(86,87)89-77-76-83(3,4)5)91-82(85)75-73-71-69-67-65-63-61-59-57-55-53-51-49-47-45-42-39-37-35-33-31-29-27-25-23-21-19-17-15-13-11-9-7-2/h9,11,15,17,21,23,27,29,80H,6-8,10,12-14,16,18-20,22,24-26,28,30-79H2,1-5H3/p+1/b11-9-,17-15-,23-21-,29-27-. The SMILES string of the molecule is CC/C=C\C/C=C\C/C=C\C/C=C\CCCCCCCCCCCCCCCCCCCCCCC(=O)OC(COC(=O)CCCCCCCCCCCCCCCCCCCCCCCCCCCCCCCCCCCCC)COP(=O)(O)OCC[N+](C)(C)C. The van der Waals surface area contributed by atoms with E-state index in [1.54, 1.807) is 0 Å². The molecule has 1 N–H and O–H groups in total. The first-order valence-electron chi connectivity index (χ1n) is 40.4. The molecule has 0 aliphatic carbocycles. The lowest BCUT2D eigenvalue weighted by atomic mass is 10.0. The van der Waals surface area contributed by atoms with Gasteiger partial charge in [0.05, 0.1) is 27.7 Å². The van der Waals surface area contributed by atoms with Crippen LogP contribution in [0.5, 0.6) is 0 Å². The van der Waals surface area contributed by atoms with E-state index in [1.165, 1.54) is 321 Å². The van der Waals surface area contributed by atoms with Crippen LogP contribution < -0.4 is 0 Å². The van der Waals surface area contributed by atoms with Crippen molar-refractivity contribution < 1.29 is 42.1 Å². The van der Waals surface area contributed by atoms with Gasteiger partial charge in [-0.2, -0.15) is 0 Å². The van der Waals surface area contributed by atoms with E-state index < -0.39 is 26.5 Å². The minimum Gasteiger partial charge on any atom is -0.462 e. The lowest BCUT2D eigenvalue weighted by molar-refractivity contribution is -0.870. The Morgan fingerprint density at radius 3 is 0.924 bits per heavy atom. The lowest BCUT2D eigenvalue weighted by Gasteiger charge is -2.24. The highest BCUT2D eigenvalue weighted by molar-refractivity contribution is 7.47. The highest BCUT2D eigenvalue weighted by Gasteiger charge is 2.27. The summed E-state index contributed by atoms with van der Waals surface area (Å²) < 4.78 is 34.8. The second-order valence-electron chi connectivity index (χ2n) is 28.8. The molecule has 0 saturated heterocycles. The van der Waals surface area contributed by atoms with E-state index in [-0.39, 0.29) is 25.6 Å². The molecule has 2 atom stereocenters. The van der Waals surface area contributed by atoms with Crippen molar-refractivity contribution in [2.75, 3.05) is 47.5 Å². The number of unbranched alkanes of at least 4 members (excludes halogenated alkanes) is 54. The fraction of sp³-hybridized carbons (Fsp3) is 0.878. The molecule has 0 spiro atoms. The summed E-state index contributed by atoms with van der Waals surface area (Å²) in [6.45, 7) is 4.40. The molecule has 0 saturated carbocycles. The Morgan fingerprint density at radius 2 is 0.620 bits per heavy atom. The third-order valence-corrected chi connectivity index (χ3v) is 19.4. The van der Waals surface area contributed by atoms with E-state index in [0.29, 0.717) is 23.9 Å². The number of hydrogen-bond acceptors (Lipinski definition) is 7. The first-order valence-corrected chi connectivity index (χ1v) is 41.9. The highest BCUT2D eigenvalue weighted by atomic mass is 31.2. The number of nitrogens with zero attached hydrogens (tertiary/aromatic N) is 1. The first kappa shape index (κ1) is 90.0. The number of quaternary nitrogens is 1. The second-order valence-corrected chi connectivity index (χ2v) is 30.2. The number of ether oxygens (including phenoxy) is 2. The molecule has 0 aromatic heterocycles. The molecule has 10 heteroatoms. The number of phosphoric acid groups is 1. The Hall–Kier alpha value is -2.03.